The van der Waals surface area contributed by atoms with Crippen LogP contribution >= 0.6 is 0 Å². The predicted octanol–water partition coefficient (Wildman–Crippen LogP) is 3.50. The van der Waals surface area contributed by atoms with E-state index < -0.39 is 0 Å². The van der Waals surface area contributed by atoms with E-state index in [2.05, 4.69) is 38.0 Å². The molecule has 1 aromatic heterocycles. The van der Waals surface area contributed by atoms with Gasteiger partial charge in [-0.1, -0.05) is 32.9 Å². The maximum absolute atomic E-state index is 4.80. The summed E-state index contributed by atoms with van der Waals surface area (Å²) in [7, 11) is 0. The van der Waals surface area contributed by atoms with Crippen LogP contribution in [0.25, 0.3) is 11.0 Å². The molecule has 1 unspecified atom stereocenters. The summed E-state index contributed by atoms with van der Waals surface area (Å²) in [6, 6.07) is 8.55. The first-order valence-electron chi connectivity index (χ1n) is 7.57. The average Bonchev–Trinajstić information content (AvgIpc) is 2.43. The van der Waals surface area contributed by atoms with Gasteiger partial charge < -0.3 is 5.32 Å². The summed E-state index contributed by atoms with van der Waals surface area (Å²) in [5.41, 5.74) is 4.14. The lowest BCUT2D eigenvalue weighted by Crippen LogP contribution is -2.36. The third-order valence-electron chi connectivity index (χ3n) is 3.72. The van der Waals surface area contributed by atoms with E-state index in [4.69, 9.17) is 4.98 Å². The Bertz CT molecular complexity index is 563. The van der Waals surface area contributed by atoms with Gasteiger partial charge >= 0.3 is 0 Å². The van der Waals surface area contributed by atoms with Gasteiger partial charge in [0.1, 0.15) is 0 Å². The molecule has 108 valence electrons. The largest absolute Gasteiger partial charge is 0.313 e. The number of aromatic nitrogens is 2. The van der Waals surface area contributed by atoms with Crippen LogP contribution in [0.3, 0.4) is 0 Å². The lowest BCUT2D eigenvalue weighted by Gasteiger charge is -2.22. The van der Waals surface area contributed by atoms with Crippen LogP contribution in [-0.4, -0.2) is 22.6 Å². The van der Waals surface area contributed by atoms with Crippen molar-refractivity contribution in [3.63, 3.8) is 0 Å². The van der Waals surface area contributed by atoms with Gasteiger partial charge in [0.15, 0.2) is 0 Å². The quantitative estimate of drug-likeness (QED) is 0.873. The second kappa shape index (κ2) is 6.80. The molecule has 0 fully saturated rings. The second-order valence-corrected chi connectivity index (χ2v) is 5.75. The molecule has 1 heterocycles. The molecule has 1 aromatic carbocycles. The summed E-state index contributed by atoms with van der Waals surface area (Å²) in [4.78, 5) is 9.48. The third kappa shape index (κ3) is 3.54. The van der Waals surface area contributed by atoms with Crippen molar-refractivity contribution in [2.45, 2.75) is 46.6 Å². The van der Waals surface area contributed by atoms with E-state index in [0.29, 0.717) is 12.0 Å². The van der Waals surface area contributed by atoms with Crippen molar-refractivity contribution >= 4 is 11.0 Å². The molecule has 0 amide bonds. The third-order valence-corrected chi connectivity index (χ3v) is 3.72. The molecule has 2 aromatic rings. The average molecular weight is 271 g/mol. The molecule has 0 saturated carbocycles. The summed E-state index contributed by atoms with van der Waals surface area (Å²) < 4.78 is 0. The van der Waals surface area contributed by atoms with Crippen molar-refractivity contribution < 1.29 is 0 Å². The maximum atomic E-state index is 4.80. The summed E-state index contributed by atoms with van der Waals surface area (Å²) in [5.74, 6) is 0.592. The van der Waals surface area contributed by atoms with Gasteiger partial charge in [-0.05, 0) is 37.9 Å². The molecule has 3 heteroatoms. The SMILES string of the molecule is CCCNC(Cc1nc2ccccc2nc1C)C(C)C. The van der Waals surface area contributed by atoms with Crippen LogP contribution in [0.5, 0.6) is 0 Å². The number of hydrogen-bond donors (Lipinski definition) is 1. The summed E-state index contributed by atoms with van der Waals surface area (Å²) in [5, 5.41) is 3.62. The van der Waals surface area contributed by atoms with Gasteiger partial charge in [0.2, 0.25) is 0 Å². The molecule has 3 nitrogen and oxygen atoms in total. The highest BCUT2D eigenvalue weighted by Crippen LogP contribution is 2.16. The van der Waals surface area contributed by atoms with Crippen molar-refractivity contribution in [3.05, 3.63) is 35.7 Å². The minimum atomic E-state index is 0.462. The number of benzene rings is 1. The Hall–Kier alpha value is -1.48. The molecule has 1 atom stereocenters. The number of para-hydroxylation sites is 2. The first kappa shape index (κ1) is 14.9. The molecule has 20 heavy (non-hydrogen) atoms. The molecule has 0 aliphatic rings. The van der Waals surface area contributed by atoms with E-state index in [1.807, 2.05) is 24.3 Å². The van der Waals surface area contributed by atoms with E-state index in [0.717, 1.165) is 41.8 Å². The van der Waals surface area contributed by atoms with E-state index in [1.165, 1.54) is 0 Å². The molecule has 0 aliphatic heterocycles. The highest BCUT2D eigenvalue weighted by molar-refractivity contribution is 5.74. The molecule has 0 spiro atoms. The smallest absolute Gasteiger partial charge is 0.0890 e. The highest BCUT2D eigenvalue weighted by atomic mass is 14.9. The molecule has 0 radical (unpaired) electrons. The fraction of sp³-hybridized carbons (Fsp3) is 0.529. The van der Waals surface area contributed by atoms with Crippen LogP contribution in [0, 0.1) is 12.8 Å². The zero-order chi connectivity index (χ0) is 14.5. The minimum absolute atomic E-state index is 0.462. The molecule has 2 rings (SSSR count). The summed E-state index contributed by atoms with van der Waals surface area (Å²) in [6.07, 6.45) is 2.10. The Morgan fingerprint density at radius 3 is 2.35 bits per heavy atom. The van der Waals surface area contributed by atoms with E-state index in [-0.39, 0.29) is 0 Å². The van der Waals surface area contributed by atoms with Crippen LogP contribution in [-0.2, 0) is 6.42 Å². The van der Waals surface area contributed by atoms with Gasteiger partial charge in [-0.25, -0.2) is 9.97 Å². The molecule has 0 saturated heterocycles. The van der Waals surface area contributed by atoms with Crippen molar-refractivity contribution in [3.8, 4) is 0 Å². The van der Waals surface area contributed by atoms with Gasteiger partial charge in [0.25, 0.3) is 0 Å². The van der Waals surface area contributed by atoms with Crippen LogP contribution in [0.2, 0.25) is 0 Å². The molecule has 1 N–H and O–H groups in total. The van der Waals surface area contributed by atoms with Crippen molar-refractivity contribution in [1.29, 1.82) is 0 Å². The molecule has 0 aliphatic carbocycles. The zero-order valence-electron chi connectivity index (χ0n) is 13.0. The number of nitrogens with zero attached hydrogens (tertiary/aromatic N) is 2. The Labute approximate surface area is 121 Å². The fourth-order valence-corrected chi connectivity index (χ4v) is 2.40. The van der Waals surface area contributed by atoms with Crippen LogP contribution in [0.1, 0.15) is 38.6 Å². The molecular weight excluding hydrogens is 246 g/mol. The zero-order valence-corrected chi connectivity index (χ0v) is 13.0. The maximum Gasteiger partial charge on any atom is 0.0890 e. The van der Waals surface area contributed by atoms with Gasteiger partial charge in [-0.2, -0.15) is 0 Å². The molecule has 0 bridgehead atoms. The van der Waals surface area contributed by atoms with Gasteiger partial charge in [0, 0.05) is 12.5 Å². The molecular formula is C17H25N3. The Balaban J connectivity index is 2.24. The first-order valence-corrected chi connectivity index (χ1v) is 7.57. The Morgan fingerprint density at radius 1 is 1.10 bits per heavy atom. The lowest BCUT2D eigenvalue weighted by molar-refractivity contribution is 0.394. The van der Waals surface area contributed by atoms with Crippen LogP contribution in [0.4, 0.5) is 0 Å². The van der Waals surface area contributed by atoms with E-state index in [1.54, 1.807) is 0 Å². The van der Waals surface area contributed by atoms with Gasteiger partial charge in [0.05, 0.1) is 22.4 Å². The highest BCUT2D eigenvalue weighted by Gasteiger charge is 2.16. The second-order valence-electron chi connectivity index (χ2n) is 5.75. The minimum Gasteiger partial charge on any atom is -0.313 e. The van der Waals surface area contributed by atoms with Crippen molar-refractivity contribution in [2.75, 3.05) is 6.54 Å². The standard InChI is InChI=1S/C17H25N3/c1-5-10-18-16(12(2)3)11-17-13(4)19-14-8-6-7-9-15(14)20-17/h6-9,12,16,18H,5,10-11H2,1-4H3. The summed E-state index contributed by atoms with van der Waals surface area (Å²) in [6.45, 7) is 9.84. The number of fused-ring (bicyclic) bond motifs is 1. The van der Waals surface area contributed by atoms with Crippen LogP contribution in [0.15, 0.2) is 24.3 Å². The van der Waals surface area contributed by atoms with Crippen LogP contribution < -0.4 is 5.32 Å². The Kier molecular flexibility index (Phi) is 5.07. The monoisotopic (exact) mass is 271 g/mol. The van der Waals surface area contributed by atoms with Gasteiger partial charge in [-0.15, -0.1) is 0 Å². The number of rotatable bonds is 6. The number of aryl methyl sites for hydroxylation is 1. The fourth-order valence-electron chi connectivity index (χ4n) is 2.40. The Morgan fingerprint density at radius 2 is 1.75 bits per heavy atom. The first-order chi connectivity index (χ1) is 9.61. The van der Waals surface area contributed by atoms with E-state index >= 15 is 0 Å². The normalized spacial score (nSPS) is 13.1. The predicted molar refractivity (Wildman–Crippen MR) is 84.9 cm³/mol. The number of hydrogen-bond acceptors (Lipinski definition) is 3. The van der Waals surface area contributed by atoms with Crippen molar-refractivity contribution in [1.82, 2.24) is 15.3 Å². The van der Waals surface area contributed by atoms with E-state index in [9.17, 15) is 0 Å². The number of nitrogens with one attached hydrogen (secondary N) is 1. The van der Waals surface area contributed by atoms with Crippen molar-refractivity contribution in [2.24, 2.45) is 5.92 Å². The van der Waals surface area contributed by atoms with Gasteiger partial charge in [-0.3, -0.25) is 0 Å². The summed E-state index contributed by atoms with van der Waals surface area (Å²) >= 11 is 0. The topological polar surface area (TPSA) is 37.8 Å². The lowest BCUT2D eigenvalue weighted by atomic mass is 9.98.